The number of aliphatic hydroxyl groups is 1. The third-order valence-electron chi connectivity index (χ3n) is 5.50. The second-order valence-corrected chi connectivity index (χ2v) is 7.19. The van der Waals surface area contributed by atoms with Crippen molar-refractivity contribution < 1.29 is 9.84 Å². The number of hydrogen-bond acceptors (Lipinski definition) is 6. The number of piperidine rings is 1. The van der Waals surface area contributed by atoms with Crippen LogP contribution >= 0.6 is 0 Å². The monoisotopic (exact) mass is 354 g/mol. The summed E-state index contributed by atoms with van der Waals surface area (Å²) in [5.41, 5.74) is 1.01. The first kappa shape index (κ1) is 17.2. The lowest BCUT2D eigenvalue weighted by Gasteiger charge is -2.39. The molecule has 0 unspecified atom stereocenters. The largest absolute Gasteiger partial charge is 0.387 e. The Morgan fingerprint density at radius 2 is 1.96 bits per heavy atom. The van der Waals surface area contributed by atoms with Crippen molar-refractivity contribution in [3.63, 3.8) is 0 Å². The van der Waals surface area contributed by atoms with E-state index in [-0.39, 0.29) is 5.60 Å². The average molecular weight is 354 g/mol. The molecule has 2 saturated heterocycles. The molecular formula is C20H26N4O2. The fraction of sp³-hybridized carbons (Fsp3) is 0.500. The van der Waals surface area contributed by atoms with Gasteiger partial charge >= 0.3 is 0 Å². The summed E-state index contributed by atoms with van der Waals surface area (Å²) in [4.78, 5) is 11.0. The Morgan fingerprint density at radius 3 is 2.69 bits per heavy atom. The van der Waals surface area contributed by atoms with Gasteiger partial charge in [-0.15, -0.1) is 0 Å². The molecule has 2 N–H and O–H groups in total. The predicted molar refractivity (Wildman–Crippen MR) is 101 cm³/mol. The van der Waals surface area contributed by atoms with E-state index >= 15 is 0 Å². The molecule has 2 aromatic rings. The van der Waals surface area contributed by atoms with Crippen LogP contribution in [0.1, 0.15) is 37.4 Å². The Morgan fingerprint density at radius 1 is 1.15 bits per heavy atom. The standard InChI is InChI=1S/C20H26N4O2/c25-17(16-5-2-1-3-6-16)14-21-18-13-19(23-15-22-18)24-10-8-20(9-11-24)7-4-12-26-20/h1-3,5-6,13,15,17,25H,4,7-12,14H2,(H,21,22,23)/t17-/m0/s1. The van der Waals surface area contributed by atoms with E-state index in [4.69, 9.17) is 4.74 Å². The molecule has 4 rings (SSSR count). The molecule has 1 spiro atoms. The molecular weight excluding hydrogens is 328 g/mol. The maximum absolute atomic E-state index is 10.3. The topological polar surface area (TPSA) is 70.5 Å². The van der Waals surface area contributed by atoms with Gasteiger partial charge in [-0.25, -0.2) is 9.97 Å². The predicted octanol–water partition coefficient (Wildman–Crippen LogP) is 2.77. The third-order valence-corrected chi connectivity index (χ3v) is 5.50. The van der Waals surface area contributed by atoms with Crippen LogP contribution in [0.4, 0.5) is 11.6 Å². The molecule has 2 aliphatic heterocycles. The first-order valence-electron chi connectivity index (χ1n) is 9.42. The van der Waals surface area contributed by atoms with Crippen LogP contribution in [0.3, 0.4) is 0 Å². The van der Waals surface area contributed by atoms with Crippen LogP contribution in [0.5, 0.6) is 0 Å². The minimum atomic E-state index is -0.566. The average Bonchev–Trinajstić information content (AvgIpc) is 3.15. The van der Waals surface area contributed by atoms with Crippen molar-refractivity contribution in [1.29, 1.82) is 0 Å². The number of anilines is 2. The summed E-state index contributed by atoms with van der Waals surface area (Å²) in [6.45, 7) is 3.24. The highest BCUT2D eigenvalue weighted by molar-refractivity contribution is 5.49. The molecule has 0 aliphatic carbocycles. The Hall–Kier alpha value is -2.18. The van der Waals surface area contributed by atoms with E-state index in [0.717, 1.165) is 49.7 Å². The quantitative estimate of drug-likeness (QED) is 0.860. The van der Waals surface area contributed by atoms with E-state index in [0.29, 0.717) is 6.54 Å². The lowest BCUT2D eigenvalue weighted by atomic mass is 9.89. The number of benzene rings is 1. The molecule has 6 nitrogen and oxygen atoms in total. The molecule has 0 radical (unpaired) electrons. The van der Waals surface area contributed by atoms with Crippen molar-refractivity contribution in [2.45, 2.75) is 37.4 Å². The Kier molecular flexibility index (Phi) is 5.04. The molecule has 3 heterocycles. The maximum Gasteiger partial charge on any atom is 0.134 e. The number of nitrogens with zero attached hydrogens (tertiary/aromatic N) is 3. The van der Waals surface area contributed by atoms with Crippen LogP contribution in [0.25, 0.3) is 0 Å². The van der Waals surface area contributed by atoms with E-state index in [1.54, 1.807) is 6.33 Å². The van der Waals surface area contributed by atoms with E-state index in [1.165, 1.54) is 12.8 Å². The van der Waals surface area contributed by atoms with Crippen molar-refractivity contribution in [1.82, 2.24) is 9.97 Å². The summed E-state index contributed by atoms with van der Waals surface area (Å²) in [5.74, 6) is 1.67. The first-order valence-corrected chi connectivity index (χ1v) is 9.42. The zero-order valence-corrected chi connectivity index (χ0v) is 15.0. The molecule has 1 atom stereocenters. The number of ether oxygens (including phenoxy) is 1. The Balaban J connectivity index is 1.35. The van der Waals surface area contributed by atoms with E-state index in [9.17, 15) is 5.11 Å². The van der Waals surface area contributed by atoms with Crippen LogP contribution in [0, 0.1) is 0 Å². The fourth-order valence-electron chi connectivity index (χ4n) is 3.90. The minimum Gasteiger partial charge on any atom is -0.387 e. The summed E-state index contributed by atoms with van der Waals surface area (Å²) >= 11 is 0. The Labute approximate surface area is 154 Å². The summed E-state index contributed by atoms with van der Waals surface area (Å²) in [5, 5.41) is 13.5. The second kappa shape index (κ2) is 7.60. The summed E-state index contributed by atoms with van der Waals surface area (Å²) < 4.78 is 6.00. The molecule has 1 aromatic carbocycles. The summed E-state index contributed by atoms with van der Waals surface area (Å²) in [6, 6.07) is 11.6. The van der Waals surface area contributed by atoms with Crippen molar-refractivity contribution in [3.05, 3.63) is 48.3 Å². The van der Waals surface area contributed by atoms with E-state index in [1.807, 2.05) is 36.4 Å². The molecule has 26 heavy (non-hydrogen) atoms. The van der Waals surface area contributed by atoms with Crippen molar-refractivity contribution in [2.24, 2.45) is 0 Å². The van der Waals surface area contributed by atoms with Gasteiger partial charge in [-0.2, -0.15) is 0 Å². The highest BCUT2D eigenvalue weighted by atomic mass is 16.5. The van der Waals surface area contributed by atoms with E-state index in [2.05, 4.69) is 20.2 Å². The Bertz CT molecular complexity index is 709. The number of nitrogens with one attached hydrogen (secondary N) is 1. The van der Waals surface area contributed by atoms with Gasteiger partial charge in [0.05, 0.1) is 11.7 Å². The van der Waals surface area contributed by atoms with Crippen LogP contribution < -0.4 is 10.2 Å². The van der Waals surface area contributed by atoms with Crippen LogP contribution in [0.2, 0.25) is 0 Å². The minimum absolute atomic E-state index is 0.115. The van der Waals surface area contributed by atoms with Crippen LogP contribution in [-0.4, -0.2) is 46.9 Å². The number of aliphatic hydroxyl groups excluding tert-OH is 1. The van der Waals surface area contributed by atoms with Gasteiger partial charge in [0.15, 0.2) is 0 Å². The number of aromatic nitrogens is 2. The van der Waals surface area contributed by atoms with Crippen LogP contribution in [-0.2, 0) is 4.74 Å². The zero-order chi connectivity index (χ0) is 17.8. The second-order valence-electron chi connectivity index (χ2n) is 7.19. The van der Waals surface area contributed by atoms with Crippen molar-refractivity contribution in [3.8, 4) is 0 Å². The van der Waals surface area contributed by atoms with Gasteiger partial charge in [0, 0.05) is 32.3 Å². The van der Waals surface area contributed by atoms with Gasteiger partial charge in [-0.1, -0.05) is 30.3 Å². The molecule has 6 heteroatoms. The highest BCUT2D eigenvalue weighted by Crippen LogP contribution is 2.36. The van der Waals surface area contributed by atoms with Crippen molar-refractivity contribution in [2.75, 3.05) is 36.5 Å². The fourth-order valence-corrected chi connectivity index (χ4v) is 3.90. The molecule has 138 valence electrons. The maximum atomic E-state index is 10.3. The van der Waals surface area contributed by atoms with Crippen molar-refractivity contribution >= 4 is 11.6 Å². The number of hydrogen-bond donors (Lipinski definition) is 2. The number of rotatable bonds is 5. The lowest BCUT2D eigenvalue weighted by Crippen LogP contribution is -2.44. The van der Waals surface area contributed by atoms with Gasteiger partial charge in [0.25, 0.3) is 0 Å². The highest BCUT2D eigenvalue weighted by Gasteiger charge is 2.38. The first-order chi connectivity index (χ1) is 12.7. The van der Waals surface area contributed by atoms with Gasteiger partial charge in [-0.05, 0) is 31.2 Å². The third kappa shape index (κ3) is 3.81. The smallest absolute Gasteiger partial charge is 0.134 e. The SMILES string of the molecule is O[C@@H](CNc1cc(N2CCC3(CCCO3)CC2)ncn1)c1ccccc1. The van der Waals surface area contributed by atoms with Gasteiger partial charge in [-0.3, -0.25) is 0 Å². The summed E-state index contributed by atoms with van der Waals surface area (Å²) in [7, 11) is 0. The molecule has 0 saturated carbocycles. The molecule has 0 amide bonds. The van der Waals surface area contributed by atoms with E-state index < -0.39 is 6.10 Å². The molecule has 0 bridgehead atoms. The zero-order valence-electron chi connectivity index (χ0n) is 15.0. The lowest BCUT2D eigenvalue weighted by molar-refractivity contribution is -0.0147. The normalized spacial score (nSPS) is 20.3. The summed E-state index contributed by atoms with van der Waals surface area (Å²) in [6.07, 6.45) is 5.52. The molecule has 2 aliphatic rings. The molecule has 1 aromatic heterocycles. The van der Waals surface area contributed by atoms with Gasteiger partial charge in [0.2, 0.25) is 0 Å². The van der Waals surface area contributed by atoms with Gasteiger partial charge in [0.1, 0.15) is 18.0 Å². The van der Waals surface area contributed by atoms with Crippen LogP contribution in [0.15, 0.2) is 42.7 Å². The van der Waals surface area contributed by atoms with Gasteiger partial charge < -0.3 is 20.1 Å². The molecule has 2 fully saturated rings.